The van der Waals surface area contributed by atoms with Crippen molar-refractivity contribution in [1.82, 2.24) is 4.31 Å². The van der Waals surface area contributed by atoms with E-state index in [-0.39, 0.29) is 35.8 Å². The molecule has 0 spiro atoms. The maximum Gasteiger partial charge on any atom is 0.419 e. The van der Waals surface area contributed by atoms with Gasteiger partial charge in [-0.2, -0.15) is 30.6 Å². The third-order valence-electron chi connectivity index (χ3n) is 6.31. The topological polar surface area (TPSA) is 66.5 Å². The number of amides is 1. The minimum Gasteiger partial charge on any atom is -0.324 e. The van der Waals surface area contributed by atoms with Gasteiger partial charge in [0.05, 0.1) is 34.0 Å². The van der Waals surface area contributed by atoms with Crippen molar-refractivity contribution in [3.8, 4) is 0 Å². The van der Waals surface area contributed by atoms with Gasteiger partial charge < -0.3 is 5.32 Å². The molecule has 40 heavy (non-hydrogen) atoms. The van der Waals surface area contributed by atoms with Gasteiger partial charge in [0.15, 0.2) is 0 Å². The number of carbonyl (C=O) groups is 1. The number of halogens is 8. The highest BCUT2D eigenvalue weighted by molar-refractivity contribution is 7.88. The molecule has 214 valence electrons. The van der Waals surface area contributed by atoms with Crippen LogP contribution >= 0.6 is 11.6 Å². The minimum absolute atomic E-state index is 0.0356. The molecule has 1 amide bonds. The standard InChI is InChI=1S/C26H20ClF7N2O3S/c27-21-8-7-17-13-36(40(38,39)14-15-3-1-5-18(11-15)25(29,30)31)10-9-19(17)24(21)35-22(37)12-16-4-2-6-20(23(16)28)26(32,33)34/h1-8,11H,9-10,12-14H2,(H,35,37). The Balaban J connectivity index is 1.51. The number of nitrogens with zero attached hydrogens (tertiary/aromatic N) is 1. The van der Waals surface area contributed by atoms with E-state index < -0.39 is 63.0 Å². The maximum absolute atomic E-state index is 14.4. The second-order valence-corrected chi connectivity index (χ2v) is 11.5. The molecule has 3 aromatic carbocycles. The molecule has 0 radical (unpaired) electrons. The van der Waals surface area contributed by atoms with Crippen LogP contribution < -0.4 is 5.32 Å². The van der Waals surface area contributed by atoms with Crippen molar-refractivity contribution in [1.29, 1.82) is 0 Å². The summed E-state index contributed by atoms with van der Waals surface area (Å²) >= 11 is 6.25. The van der Waals surface area contributed by atoms with Gasteiger partial charge in [0.1, 0.15) is 5.82 Å². The van der Waals surface area contributed by atoms with E-state index in [0.29, 0.717) is 17.2 Å². The second-order valence-electron chi connectivity index (χ2n) is 9.10. The zero-order valence-electron chi connectivity index (χ0n) is 20.3. The lowest BCUT2D eigenvalue weighted by molar-refractivity contribution is -0.140. The number of anilines is 1. The quantitative estimate of drug-likeness (QED) is 0.321. The average Bonchev–Trinajstić information content (AvgIpc) is 2.85. The Kier molecular flexibility index (Phi) is 8.21. The molecule has 0 saturated carbocycles. The van der Waals surface area contributed by atoms with Gasteiger partial charge in [-0.25, -0.2) is 12.8 Å². The number of alkyl halides is 6. The summed E-state index contributed by atoms with van der Waals surface area (Å²) in [6.07, 6.45) is -10.2. The molecule has 0 fully saturated rings. The molecule has 0 aromatic heterocycles. The van der Waals surface area contributed by atoms with Gasteiger partial charge in [0.2, 0.25) is 15.9 Å². The first-order valence-corrected chi connectivity index (χ1v) is 13.6. The largest absolute Gasteiger partial charge is 0.419 e. The van der Waals surface area contributed by atoms with E-state index in [1.807, 2.05) is 0 Å². The number of rotatable bonds is 6. The molecule has 0 bridgehead atoms. The van der Waals surface area contributed by atoms with Crippen molar-refractivity contribution < 1.29 is 43.9 Å². The fourth-order valence-electron chi connectivity index (χ4n) is 4.41. The highest BCUT2D eigenvalue weighted by atomic mass is 35.5. The van der Waals surface area contributed by atoms with E-state index in [1.54, 1.807) is 0 Å². The zero-order chi connectivity index (χ0) is 29.5. The average molecular weight is 609 g/mol. The number of sulfonamides is 1. The van der Waals surface area contributed by atoms with E-state index in [9.17, 15) is 43.9 Å². The molecule has 0 unspecified atom stereocenters. The summed E-state index contributed by atoms with van der Waals surface area (Å²) in [5.74, 6) is -3.06. The van der Waals surface area contributed by atoms with Crippen LogP contribution in [0.4, 0.5) is 36.4 Å². The minimum atomic E-state index is -4.94. The first kappa shape index (κ1) is 29.8. The molecule has 1 heterocycles. The number of carbonyl (C=O) groups excluding carboxylic acids is 1. The molecular weight excluding hydrogens is 589 g/mol. The fraction of sp³-hybridized carbons (Fsp3) is 0.269. The Hall–Kier alpha value is -3.16. The molecule has 14 heteroatoms. The van der Waals surface area contributed by atoms with E-state index in [2.05, 4.69) is 5.32 Å². The SMILES string of the molecule is O=C(Cc1cccc(C(F)(F)F)c1F)Nc1c(Cl)ccc2c1CCN(S(=O)(=O)Cc1cccc(C(F)(F)F)c1)C2. The van der Waals surface area contributed by atoms with Crippen LogP contribution in [0.25, 0.3) is 0 Å². The second kappa shape index (κ2) is 11.0. The lowest BCUT2D eigenvalue weighted by Crippen LogP contribution is -2.37. The summed E-state index contributed by atoms with van der Waals surface area (Å²) in [5.41, 5.74) is -1.92. The normalized spacial score (nSPS) is 14.6. The molecule has 1 N–H and O–H groups in total. The molecule has 1 aliphatic rings. The highest BCUT2D eigenvalue weighted by Crippen LogP contribution is 2.36. The molecule has 0 saturated heterocycles. The van der Waals surface area contributed by atoms with Gasteiger partial charge in [-0.1, -0.05) is 48.0 Å². The van der Waals surface area contributed by atoms with Crippen molar-refractivity contribution >= 4 is 33.2 Å². The zero-order valence-corrected chi connectivity index (χ0v) is 21.9. The third-order valence-corrected chi connectivity index (χ3v) is 8.42. The van der Waals surface area contributed by atoms with Gasteiger partial charge in [-0.15, -0.1) is 0 Å². The number of hydrogen-bond donors (Lipinski definition) is 1. The van der Waals surface area contributed by atoms with Crippen molar-refractivity contribution in [3.63, 3.8) is 0 Å². The number of hydrogen-bond acceptors (Lipinski definition) is 3. The Morgan fingerprint density at radius 2 is 1.68 bits per heavy atom. The van der Waals surface area contributed by atoms with Crippen molar-refractivity contribution in [3.05, 3.63) is 98.8 Å². The molecule has 4 rings (SSSR count). The van der Waals surface area contributed by atoms with E-state index in [0.717, 1.165) is 34.6 Å². The lowest BCUT2D eigenvalue weighted by Gasteiger charge is -2.30. The Morgan fingerprint density at radius 1 is 0.975 bits per heavy atom. The Labute approximate surface area is 229 Å². The fourth-order valence-corrected chi connectivity index (χ4v) is 6.12. The summed E-state index contributed by atoms with van der Waals surface area (Å²) in [6, 6.07) is 9.56. The molecule has 5 nitrogen and oxygen atoms in total. The van der Waals surface area contributed by atoms with Crippen molar-refractivity contribution in [2.45, 2.75) is 37.5 Å². The van der Waals surface area contributed by atoms with Crippen molar-refractivity contribution in [2.24, 2.45) is 0 Å². The highest BCUT2D eigenvalue weighted by Gasteiger charge is 2.35. The molecular formula is C26H20ClF7N2O3S. The Morgan fingerprint density at radius 3 is 2.35 bits per heavy atom. The number of nitrogens with one attached hydrogen (secondary N) is 1. The van der Waals surface area contributed by atoms with Gasteiger partial charge in [-0.05, 0) is 46.9 Å². The van der Waals surface area contributed by atoms with Gasteiger partial charge in [-0.3, -0.25) is 4.79 Å². The monoisotopic (exact) mass is 608 g/mol. The first-order chi connectivity index (χ1) is 18.6. The summed E-state index contributed by atoms with van der Waals surface area (Å²) in [6.45, 7) is -0.224. The predicted octanol–water partition coefficient (Wildman–Crippen LogP) is 6.59. The van der Waals surface area contributed by atoms with Crippen LogP contribution in [0, 0.1) is 5.82 Å². The van der Waals surface area contributed by atoms with E-state index in [4.69, 9.17) is 11.6 Å². The van der Waals surface area contributed by atoms with Crippen molar-refractivity contribution in [2.75, 3.05) is 11.9 Å². The van der Waals surface area contributed by atoms with E-state index in [1.165, 1.54) is 18.2 Å². The lowest BCUT2D eigenvalue weighted by atomic mass is 9.98. The van der Waals surface area contributed by atoms with Crippen LogP contribution in [0.15, 0.2) is 54.6 Å². The van der Waals surface area contributed by atoms with Crippen LogP contribution in [0.3, 0.4) is 0 Å². The number of benzene rings is 3. The van der Waals surface area contributed by atoms with Crippen LogP contribution in [-0.4, -0.2) is 25.2 Å². The van der Waals surface area contributed by atoms with Crippen LogP contribution in [-0.2, 0) is 52.3 Å². The summed E-state index contributed by atoms with van der Waals surface area (Å²) in [5, 5.41) is 2.57. The first-order valence-electron chi connectivity index (χ1n) is 11.6. The number of fused-ring (bicyclic) bond motifs is 1. The van der Waals surface area contributed by atoms with E-state index >= 15 is 0 Å². The molecule has 0 atom stereocenters. The van der Waals surface area contributed by atoms with Gasteiger partial charge in [0.25, 0.3) is 0 Å². The maximum atomic E-state index is 14.4. The predicted molar refractivity (Wildman–Crippen MR) is 133 cm³/mol. The van der Waals surface area contributed by atoms with Gasteiger partial charge >= 0.3 is 12.4 Å². The Bertz CT molecular complexity index is 1560. The summed E-state index contributed by atoms with van der Waals surface area (Å²) in [4.78, 5) is 12.7. The van der Waals surface area contributed by atoms with Crippen LogP contribution in [0.2, 0.25) is 5.02 Å². The van der Waals surface area contributed by atoms with Crippen LogP contribution in [0.1, 0.15) is 33.4 Å². The molecule has 0 aliphatic carbocycles. The third kappa shape index (κ3) is 6.58. The van der Waals surface area contributed by atoms with Gasteiger partial charge in [0, 0.05) is 13.1 Å². The molecule has 3 aromatic rings. The summed E-state index contributed by atoms with van der Waals surface area (Å²) in [7, 11) is -4.04. The molecule has 1 aliphatic heterocycles. The summed E-state index contributed by atoms with van der Waals surface area (Å²) < 4.78 is 120. The smallest absolute Gasteiger partial charge is 0.324 e. The van der Waals surface area contributed by atoms with Crippen LogP contribution in [0.5, 0.6) is 0 Å².